The van der Waals surface area contributed by atoms with Gasteiger partial charge >= 0.3 is 0 Å². The van der Waals surface area contributed by atoms with Crippen LogP contribution in [-0.4, -0.2) is 73.0 Å². The highest BCUT2D eigenvalue weighted by Gasteiger charge is 2.27. The number of nitrogens with zero attached hydrogens (tertiary/aromatic N) is 5. The van der Waals surface area contributed by atoms with E-state index >= 15 is 0 Å². The summed E-state index contributed by atoms with van der Waals surface area (Å²) in [5.74, 6) is 0.846. The third-order valence-electron chi connectivity index (χ3n) is 3.94. The van der Waals surface area contributed by atoms with Crippen LogP contribution in [0.2, 0.25) is 0 Å². The summed E-state index contributed by atoms with van der Waals surface area (Å²) in [4.78, 5) is 20.5. The number of unbranched alkanes of at least 4 members (excludes halogenated alkanes) is 1. The number of aryl methyl sites for hydroxylation is 1. The number of hydrogen-bond donors (Lipinski definition) is 1. The van der Waals surface area contributed by atoms with Gasteiger partial charge in [0.2, 0.25) is 5.91 Å². The van der Waals surface area contributed by atoms with Gasteiger partial charge in [0.15, 0.2) is 5.96 Å². The Bertz CT molecular complexity index is 557. The lowest BCUT2D eigenvalue weighted by atomic mass is 10.3. The molecule has 0 saturated carbocycles. The van der Waals surface area contributed by atoms with Gasteiger partial charge in [-0.25, -0.2) is 0 Å². The molecule has 1 aliphatic rings. The van der Waals surface area contributed by atoms with Crippen LogP contribution < -0.4 is 10.2 Å². The molecule has 0 spiro atoms. The maximum atomic E-state index is 12.4. The number of ether oxygens (including phenoxy) is 1. The van der Waals surface area contributed by atoms with Crippen LogP contribution in [0.25, 0.3) is 0 Å². The van der Waals surface area contributed by atoms with E-state index < -0.39 is 0 Å². The molecule has 8 nitrogen and oxygen atoms in total. The minimum Gasteiger partial charge on any atom is -0.382 e. The summed E-state index contributed by atoms with van der Waals surface area (Å²) in [7, 11) is 3.60. The number of carbonyl (C=O) groups excluding carboxylic acids is 1. The highest BCUT2D eigenvalue weighted by molar-refractivity contribution is 5.98. The van der Waals surface area contributed by atoms with Crippen molar-refractivity contribution in [3.63, 3.8) is 0 Å². The third kappa shape index (κ3) is 4.95. The van der Waals surface area contributed by atoms with Gasteiger partial charge in [-0.1, -0.05) is 0 Å². The molecule has 1 amide bonds. The van der Waals surface area contributed by atoms with Gasteiger partial charge in [-0.05, 0) is 19.8 Å². The molecule has 24 heavy (non-hydrogen) atoms. The fourth-order valence-corrected chi connectivity index (χ4v) is 2.68. The minimum atomic E-state index is 0.0635. The molecule has 8 heteroatoms. The Balaban J connectivity index is 1.79. The van der Waals surface area contributed by atoms with E-state index in [1.807, 2.05) is 25.1 Å². The number of nitrogens with one attached hydrogen (secondary N) is 1. The van der Waals surface area contributed by atoms with Gasteiger partial charge < -0.3 is 19.9 Å². The van der Waals surface area contributed by atoms with Gasteiger partial charge in [-0.2, -0.15) is 5.10 Å². The van der Waals surface area contributed by atoms with Crippen LogP contribution in [0.15, 0.2) is 17.4 Å². The molecule has 1 aromatic rings. The number of anilines is 1. The number of rotatable bonds is 7. The minimum absolute atomic E-state index is 0.0635. The van der Waals surface area contributed by atoms with Crippen molar-refractivity contribution in [1.29, 1.82) is 0 Å². The molecule has 0 radical (unpaired) electrons. The first-order valence-electron chi connectivity index (χ1n) is 8.48. The van der Waals surface area contributed by atoms with Gasteiger partial charge in [0, 0.05) is 53.1 Å². The molecule has 2 heterocycles. The summed E-state index contributed by atoms with van der Waals surface area (Å²) in [6.45, 7) is 6.10. The van der Waals surface area contributed by atoms with Crippen molar-refractivity contribution in [1.82, 2.24) is 20.0 Å². The van der Waals surface area contributed by atoms with E-state index in [4.69, 9.17) is 4.74 Å². The van der Waals surface area contributed by atoms with Crippen LogP contribution in [0.1, 0.15) is 19.8 Å². The first-order valence-corrected chi connectivity index (χ1v) is 8.48. The molecular weight excluding hydrogens is 308 g/mol. The molecule has 0 aliphatic carbocycles. The fourth-order valence-electron chi connectivity index (χ4n) is 2.68. The van der Waals surface area contributed by atoms with E-state index in [2.05, 4.69) is 15.4 Å². The Kier molecular flexibility index (Phi) is 7.05. The van der Waals surface area contributed by atoms with Crippen LogP contribution in [0.3, 0.4) is 0 Å². The molecule has 1 fully saturated rings. The topological polar surface area (TPSA) is 75.0 Å². The maximum absolute atomic E-state index is 12.4. The Morgan fingerprint density at radius 1 is 1.42 bits per heavy atom. The number of aliphatic imine (C=N–C) groups is 1. The largest absolute Gasteiger partial charge is 0.382 e. The summed E-state index contributed by atoms with van der Waals surface area (Å²) in [6, 6.07) is 0. The van der Waals surface area contributed by atoms with Crippen molar-refractivity contribution in [2.24, 2.45) is 12.0 Å². The number of amides is 1. The molecular formula is C16H28N6O2. The highest BCUT2D eigenvalue weighted by Crippen LogP contribution is 2.15. The first-order chi connectivity index (χ1) is 11.7. The van der Waals surface area contributed by atoms with E-state index in [-0.39, 0.29) is 5.91 Å². The standard InChI is InChI=1S/C16H28N6O2/c1-4-24-10-6-5-7-18-16(17-2)21-8-9-22(15(23)13-21)14-11-19-20(3)12-14/h11-12H,4-10,13H2,1-3H3,(H,17,18). The zero-order chi connectivity index (χ0) is 17.4. The fraction of sp³-hybridized carbons (Fsp3) is 0.688. The van der Waals surface area contributed by atoms with Gasteiger partial charge in [-0.15, -0.1) is 0 Å². The van der Waals surface area contributed by atoms with Gasteiger partial charge in [-0.3, -0.25) is 14.5 Å². The number of carbonyl (C=O) groups is 1. The molecule has 1 N–H and O–H groups in total. The average Bonchev–Trinajstić information content (AvgIpc) is 3.00. The van der Waals surface area contributed by atoms with Crippen LogP contribution in [0.5, 0.6) is 0 Å². The lowest BCUT2D eigenvalue weighted by Crippen LogP contribution is -2.55. The summed E-state index contributed by atoms with van der Waals surface area (Å²) >= 11 is 0. The second-order valence-corrected chi connectivity index (χ2v) is 5.72. The monoisotopic (exact) mass is 336 g/mol. The van der Waals surface area contributed by atoms with Crippen LogP contribution >= 0.6 is 0 Å². The molecule has 1 aliphatic heterocycles. The van der Waals surface area contributed by atoms with Crippen molar-refractivity contribution < 1.29 is 9.53 Å². The molecule has 0 aromatic carbocycles. The molecule has 1 saturated heterocycles. The average molecular weight is 336 g/mol. The van der Waals surface area contributed by atoms with Crippen molar-refractivity contribution >= 4 is 17.6 Å². The number of aromatic nitrogens is 2. The molecule has 0 atom stereocenters. The Labute approximate surface area is 143 Å². The molecule has 134 valence electrons. The summed E-state index contributed by atoms with van der Waals surface area (Å²) in [5.41, 5.74) is 0.848. The smallest absolute Gasteiger partial charge is 0.246 e. The molecule has 0 bridgehead atoms. The predicted octanol–water partition coefficient (Wildman–Crippen LogP) is 0.461. The van der Waals surface area contributed by atoms with E-state index in [1.54, 1.807) is 22.8 Å². The van der Waals surface area contributed by atoms with Gasteiger partial charge in [0.25, 0.3) is 0 Å². The third-order valence-corrected chi connectivity index (χ3v) is 3.94. The number of piperazine rings is 1. The van der Waals surface area contributed by atoms with Crippen LogP contribution in [0.4, 0.5) is 5.69 Å². The van der Waals surface area contributed by atoms with Gasteiger partial charge in [0.05, 0.1) is 11.9 Å². The quantitative estimate of drug-likeness (QED) is 0.445. The lowest BCUT2D eigenvalue weighted by Gasteiger charge is -2.35. The number of guanidine groups is 1. The summed E-state index contributed by atoms with van der Waals surface area (Å²) < 4.78 is 7.03. The van der Waals surface area contributed by atoms with Crippen molar-refractivity contribution in [2.75, 3.05) is 51.3 Å². The maximum Gasteiger partial charge on any atom is 0.246 e. The summed E-state index contributed by atoms with van der Waals surface area (Å²) in [6.07, 6.45) is 5.62. The van der Waals surface area contributed by atoms with E-state index in [0.29, 0.717) is 13.1 Å². The van der Waals surface area contributed by atoms with Crippen molar-refractivity contribution in [2.45, 2.75) is 19.8 Å². The normalized spacial score (nSPS) is 16.0. The Hall–Kier alpha value is -2.09. The second kappa shape index (κ2) is 9.27. The Morgan fingerprint density at radius 2 is 2.25 bits per heavy atom. The van der Waals surface area contributed by atoms with Crippen molar-refractivity contribution in [3.8, 4) is 0 Å². The highest BCUT2D eigenvalue weighted by atomic mass is 16.5. The number of hydrogen-bond acceptors (Lipinski definition) is 4. The van der Waals surface area contributed by atoms with Crippen LogP contribution in [-0.2, 0) is 16.6 Å². The van der Waals surface area contributed by atoms with E-state index in [9.17, 15) is 4.79 Å². The van der Waals surface area contributed by atoms with Crippen LogP contribution in [0, 0.1) is 0 Å². The molecule has 0 unspecified atom stereocenters. The van der Waals surface area contributed by atoms with Crippen molar-refractivity contribution in [3.05, 3.63) is 12.4 Å². The zero-order valence-electron chi connectivity index (χ0n) is 14.9. The SMILES string of the molecule is CCOCCCCNC(=NC)N1CCN(c2cnn(C)c2)C(=O)C1. The first kappa shape index (κ1) is 18.3. The van der Waals surface area contributed by atoms with E-state index in [0.717, 1.165) is 50.8 Å². The zero-order valence-corrected chi connectivity index (χ0v) is 14.9. The Morgan fingerprint density at radius 3 is 2.88 bits per heavy atom. The molecule has 1 aromatic heterocycles. The second-order valence-electron chi connectivity index (χ2n) is 5.72. The lowest BCUT2D eigenvalue weighted by molar-refractivity contribution is -0.120. The predicted molar refractivity (Wildman–Crippen MR) is 94.2 cm³/mol. The van der Waals surface area contributed by atoms with E-state index in [1.165, 1.54) is 0 Å². The molecule has 2 rings (SSSR count). The summed E-state index contributed by atoms with van der Waals surface area (Å²) in [5, 5.41) is 7.46. The van der Waals surface area contributed by atoms with Gasteiger partial charge in [0.1, 0.15) is 6.54 Å².